The van der Waals surface area contributed by atoms with E-state index in [-0.39, 0.29) is 12.5 Å². The highest BCUT2D eigenvalue weighted by Gasteiger charge is 2.25. The third-order valence-electron chi connectivity index (χ3n) is 6.65. The molecule has 1 heterocycles. The minimum atomic E-state index is -0.924. The van der Waals surface area contributed by atoms with E-state index in [1.807, 2.05) is 37.3 Å². The first-order valence-electron chi connectivity index (χ1n) is 12.7. The maximum absolute atomic E-state index is 12.4. The maximum Gasteiger partial charge on any atom is 0.307 e. The number of aldehydes is 1. The Hall–Kier alpha value is -3.64. The van der Waals surface area contributed by atoms with Crippen LogP contribution in [0.5, 0.6) is 5.75 Å². The molecule has 6 nitrogen and oxygen atoms in total. The molecule has 1 aliphatic rings. The molecule has 1 saturated heterocycles. The van der Waals surface area contributed by atoms with Gasteiger partial charge in [0.15, 0.2) is 0 Å². The summed E-state index contributed by atoms with van der Waals surface area (Å²) in [6, 6.07) is 23.1. The summed E-state index contributed by atoms with van der Waals surface area (Å²) >= 11 is 0. The van der Waals surface area contributed by atoms with Gasteiger partial charge in [-0.2, -0.15) is 0 Å². The van der Waals surface area contributed by atoms with Crippen LogP contribution in [0.15, 0.2) is 72.8 Å². The summed E-state index contributed by atoms with van der Waals surface area (Å²) in [5.74, 6) is -0.428. The number of hydrogen-bond donors (Lipinski definition) is 2. The van der Waals surface area contributed by atoms with Gasteiger partial charge in [-0.25, -0.2) is 0 Å². The molecular weight excluding hydrogens is 452 g/mol. The van der Waals surface area contributed by atoms with Crippen LogP contribution in [0.4, 0.5) is 5.69 Å². The number of para-hydroxylation sites is 1. The van der Waals surface area contributed by atoms with E-state index in [4.69, 9.17) is 4.74 Å². The first kappa shape index (κ1) is 25.5. The van der Waals surface area contributed by atoms with E-state index in [0.29, 0.717) is 17.9 Å². The van der Waals surface area contributed by atoms with E-state index in [1.54, 1.807) is 12.1 Å². The van der Waals surface area contributed by atoms with Crippen molar-refractivity contribution in [1.29, 1.82) is 0 Å². The normalized spacial score (nSPS) is 15.2. The van der Waals surface area contributed by atoms with Crippen LogP contribution in [-0.2, 0) is 16.0 Å². The van der Waals surface area contributed by atoms with Gasteiger partial charge in [0, 0.05) is 24.3 Å². The second kappa shape index (κ2) is 12.4. The average molecular weight is 487 g/mol. The highest BCUT2D eigenvalue weighted by molar-refractivity contribution is 5.72. The predicted octanol–water partition coefficient (Wildman–Crippen LogP) is 5.32. The van der Waals surface area contributed by atoms with Crippen LogP contribution >= 0.6 is 0 Å². The molecule has 3 aromatic rings. The summed E-state index contributed by atoms with van der Waals surface area (Å²) in [4.78, 5) is 26.2. The number of nitrogens with zero attached hydrogens (tertiary/aromatic N) is 1. The third-order valence-corrected chi connectivity index (χ3v) is 6.65. The zero-order valence-corrected chi connectivity index (χ0v) is 20.7. The number of carbonyl (C=O) groups is 2. The Morgan fingerprint density at radius 1 is 1.00 bits per heavy atom. The van der Waals surface area contributed by atoms with Crippen molar-refractivity contribution >= 4 is 17.9 Å². The molecule has 2 N–H and O–H groups in total. The van der Waals surface area contributed by atoms with Gasteiger partial charge < -0.3 is 19.5 Å². The van der Waals surface area contributed by atoms with Crippen LogP contribution in [-0.4, -0.2) is 37.1 Å². The molecule has 0 spiro atoms. The zero-order chi connectivity index (χ0) is 25.3. The number of aliphatic carboxylic acids is 1. The second-order valence-corrected chi connectivity index (χ2v) is 9.10. The summed E-state index contributed by atoms with van der Waals surface area (Å²) in [6.07, 6.45) is 4.38. The SMILES string of the molecule is CCOc1cc(C(C=O)NC(c2ccccc2)c2ccccc2N2CCCCC2)ccc1CC(=O)O. The van der Waals surface area contributed by atoms with Crippen LogP contribution < -0.4 is 15.0 Å². The largest absolute Gasteiger partial charge is 0.494 e. The predicted molar refractivity (Wildman–Crippen MR) is 142 cm³/mol. The lowest BCUT2D eigenvalue weighted by Gasteiger charge is -2.33. The minimum absolute atomic E-state index is 0.134. The van der Waals surface area contributed by atoms with Crippen molar-refractivity contribution in [2.45, 2.75) is 44.7 Å². The van der Waals surface area contributed by atoms with Crippen LogP contribution in [0.1, 0.15) is 60.5 Å². The number of piperidine rings is 1. The van der Waals surface area contributed by atoms with Gasteiger partial charge in [0.2, 0.25) is 0 Å². The molecule has 36 heavy (non-hydrogen) atoms. The molecule has 0 saturated carbocycles. The Morgan fingerprint density at radius 3 is 2.42 bits per heavy atom. The fourth-order valence-electron chi connectivity index (χ4n) is 4.92. The minimum Gasteiger partial charge on any atom is -0.494 e. The summed E-state index contributed by atoms with van der Waals surface area (Å²) < 4.78 is 5.73. The number of ether oxygens (including phenoxy) is 1. The van der Waals surface area contributed by atoms with Gasteiger partial charge in [-0.05, 0) is 55.0 Å². The number of rotatable bonds is 11. The molecule has 1 aliphatic heterocycles. The Labute approximate surface area is 212 Å². The Balaban J connectivity index is 1.71. The number of anilines is 1. The van der Waals surface area contributed by atoms with Gasteiger partial charge in [-0.3, -0.25) is 10.1 Å². The van der Waals surface area contributed by atoms with Crippen molar-refractivity contribution in [1.82, 2.24) is 5.32 Å². The molecule has 1 fully saturated rings. The van der Waals surface area contributed by atoms with Crippen molar-refractivity contribution in [2.75, 3.05) is 24.6 Å². The van der Waals surface area contributed by atoms with Crippen molar-refractivity contribution in [3.05, 3.63) is 95.1 Å². The van der Waals surface area contributed by atoms with E-state index in [2.05, 4.69) is 40.5 Å². The molecule has 0 aliphatic carbocycles. The average Bonchev–Trinajstić information content (AvgIpc) is 2.91. The first-order valence-corrected chi connectivity index (χ1v) is 12.7. The number of carbonyl (C=O) groups excluding carboxylic acids is 1. The Kier molecular flexibility index (Phi) is 8.74. The lowest BCUT2D eigenvalue weighted by Crippen LogP contribution is -2.33. The van der Waals surface area contributed by atoms with E-state index in [1.165, 1.54) is 24.9 Å². The molecule has 0 aromatic heterocycles. The van der Waals surface area contributed by atoms with Crippen molar-refractivity contribution in [3.8, 4) is 5.75 Å². The van der Waals surface area contributed by atoms with Crippen molar-refractivity contribution in [2.24, 2.45) is 0 Å². The van der Waals surface area contributed by atoms with Crippen molar-refractivity contribution in [3.63, 3.8) is 0 Å². The van der Waals surface area contributed by atoms with Gasteiger partial charge >= 0.3 is 5.97 Å². The highest BCUT2D eigenvalue weighted by Crippen LogP contribution is 2.34. The van der Waals surface area contributed by atoms with Crippen molar-refractivity contribution < 1.29 is 19.4 Å². The topological polar surface area (TPSA) is 78.9 Å². The standard InChI is InChI=1S/C30H34N2O4/c1-2-36-28-19-23(15-16-24(28)20-29(34)35)26(21-33)31-30(22-11-5-3-6-12-22)25-13-7-8-14-27(25)32-17-9-4-10-18-32/h3,5-8,11-16,19,21,26,30-31H,2,4,9-10,17-18,20H2,1H3,(H,34,35). The summed E-state index contributed by atoms with van der Waals surface area (Å²) in [5.41, 5.74) is 4.72. The van der Waals surface area contributed by atoms with E-state index >= 15 is 0 Å². The van der Waals surface area contributed by atoms with E-state index < -0.39 is 12.0 Å². The van der Waals surface area contributed by atoms with Gasteiger partial charge in [0.25, 0.3) is 0 Å². The van der Waals surface area contributed by atoms with Gasteiger partial charge in [-0.1, -0.05) is 60.7 Å². The third kappa shape index (κ3) is 6.13. The fourth-order valence-corrected chi connectivity index (χ4v) is 4.92. The molecule has 6 heteroatoms. The molecule has 188 valence electrons. The fraction of sp³-hybridized carbons (Fsp3) is 0.333. The summed E-state index contributed by atoms with van der Waals surface area (Å²) in [7, 11) is 0. The molecule has 2 atom stereocenters. The summed E-state index contributed by atoms with van der Waals surface area (Å²) in [6.45, 7) is 4.32. The highest BCUT2D eigenvalue weighted by atomic mass is 16.5. The lowest BCUT2D eigenvalue weighted by molar-refractivity contribution is -0.136. The molecule has 4 rings (SSSR count). The van der Waals surface area contributed by atoms with E-state index in [9.17, 15) is 14.7 Å². The Morgan fingerprint density at radius 2 is 1.72 bits per heavy atom. The number of carboxylic acids is 1. The molecular formula is C30H34N2O4. The quantitative estimate of drug-likeness (QED) is 0.357. The first-order chi connectivity index (χ1) is 17.6. The number of nitrogens with one attached hydrogen (secondary N) is 1. The maximum atomic E-state index is 12.4. The van der Waals surface area contributed by atoms with Crippen LogP contribution in [0.2, 0.25) is 0 Å². The molecule has 0 amide bonds. The van der Waals surface area contributed by atoms with Gasteiger partial charge in [0.1, 0.15) is 12.0 Å². The van der Waals surface area contributed by atoms with Crippen LogP contribution in [0.25, 0.3) is 0 Å². The molecule has 0 bridgehead atoms. The second-order valence-electron chi connectivity index (χ2n) is 9.10. The number of hydrogen-bond acceptors (Lipinski definition) is 5. The molecule has 3 aromatic carbocycles. The lowest BCUT2D eigenvalue weighted by atomic mass is 9.93. The number of benzene rings is 3. The Bertz CT molecular complexity index is 1160. The zero-order valence-electron chi connectivity index (χ0n) is 20.7. The molecule has 0 radical (unpaired) electrons. The monoisotopic (exact) mass is 486 g/mol. The van der Waals surface area contributed by atoms with Gasteiger partial charge in [0.05, 0.1) is 25.1 Å². The summed E-state index contributed by atoms with van der Waals surface area (Å²) in [5, 5.41) is 12.9. The van der Waals surface area contributed by atoms with E-state index in [0.717, 1.165) is 36.1 Å². The smallest absolute Gasteiger partial charge is 0.307 e. The van der Waals surface area contributed by atoms with Crippen LogP contribution in [0, 0.1) is 0 Å². The van der Waals surface area contributed by atoms with Crippen LogP contribution in [0.3, 0.4) is 0 Å². The van der Waals surface area contributed by atoms with Gasteiger partial charge in [-0.15, -0.1) is 0 Å². The molecule has 2 unspecified atom stereocenters. The number of carboxylic acid groups (broad SMARTS) is 1.